The van der Waals surface area contributed by atoms with Gasteiger partial charge in [0.15, 0.2) is 40.6 Å². The van der Waals surface area contributed by atoms with E-state index in [-0.39, 0.29) is 11.4 Å². The zero-order valence-corrected chi connectivity index (χ0v) is 40.7. The standard InChI is InChI=1S/C29H25N5O2.C28H25N7O/c1-18(2)21-7-4-5-8-23(21)27-30-15-25-28(32-27)34(29(35)33(25)3)16-19-11-13-20(14-12-19)22-9-6-10-24-26(22)36-17-31-24;1-18(2)21-7-4-5-8-22(21)26-29-15-24-27(32-26)34(28(36)33(24)3)16-19-11-13-20(14-12-19)23-9-6-10-25-30-17-31-35(23)25/h2*4-15,17-18H,16H2,1-3H3. The van der Waals surface area contributed by atoms with E-state index >= 15 is 0 Å². The van der Waals surface area contributed by atoms with Crippen LogP contribution in [0.5, 0.6) is 0 Å². The van der Waals surface area contributed by atoms with Crippen LogP contribution in [0.15, 0.2) is 173 Å². The van der Waals surface area contributed by atoms with Gasteiger partial charge < -0.3 is 4.42 Å². The van der Waals surface area contributed by atoms with Crippen LogP contribution in [0.2, 0.25) is 0 Å². The third-order valence-corrected chi connectivity index (χ3v) is 13.3. The van der Waals surface area contributed by atoms with Crippen LogP contribution in [0.1, 0.15) is 61.8 Å². The molecule has 0 unspecified atom stereocenters. The summed E-state index contributed by atoms with van der Waals surface area (Å²) in [5, 5.41) is 4.33. The Bertz CT molecular complexity index is 3810. The van der Waals surface area contributed by atoms with Gasteiger partial charge in [0.05, 0.1) is 31.2 Å². The quantitative estimate of drug-likeness (QED) is 0.129. The molecule has 12 aromatic rings. The van der Waals surface area contributed by atoms with Gasteiger partial charge in [0.1, 0.15) is 22.9 Å². The van der Waals surface area contributed by atoms with Crippen LogP contribution >= 0.6 is 0 Å². The molecule has 5 aromatic carbocycles. The first-order valence-corrected chi connectivity index (χ1v) is 23.8. The number of oxazole rings is 1. The Morgan fingerprint density at radius 2 is 1.04 bits per heavy atom. The van der Waals surface area contributed by atoms with Crippen LogP contribution in [0.25, 0.3) is 84.2 Å². The molecule has 7 heterocycles. The predicted octanol–water partition coefficient (Wildman–Crippen LogP) is 10.5. The van der Waals surface area contributed by atoms with Crippen LogP contribution < -0.4 is 11.4 Å². The van der Waals surface area contributed by atoms with Gasteiger partial charge >= 0.3 is 11.4 Å². The molecule has 0 aliphatic rings. The highest BCUT2D eigenvalue weighted by molar-refractivity contribution is 5.90. The Hall–Kier alpha value is -9.11. The largest absolute Gasteiger partial charge is 0.443 e. The molecule has 7 aromatic heterocycles. The summed E-state index contributed by atoms with van der Waals surface area (Å²) in [6, 6.07) is 44.5. The molecule has 0 aliphatic carbocycles. The molecule has 15 heteroatoms. The molecule has 0 radical (unpaired) electrons. The average molecular weight is 951 g/mol. The predicted molar refractivity (Wildman–Crippen MR) is 281 cm³/mol. The fraction of sp³-hybridized carbons (Fsp3) is 0.175. The number of para-hydroxylation sites is 1. The lowest BCUT2D eigenvalue weighted by molar-refractivity contribution is 0.603. The van der Waals surface area contributed by atoms with Gasteiger partial charge in [-0.05, 0) is 57.9 Å². The van der Waals surface area contributed by atoms with E-state index in [1.165, 1.54) is 17.5 Å². The SMILES string of the molecule is CC(C)c1ccccc1-c1ncc2c(n1)n(Cc1ccc(-c3cccc4ncnn34)cc1)c(=O)n2C.CC(C)c1ccccc1-c1ncc2c(n1)n(Cc1ccc(-c3cccc4ncoc34)cc1)c(=O)n2C. The van der Waals surface area contributed by atoms with Crippen molar-refractivity contribution < 1.29 is 4.42 Å². The average Bonchev–Trinajstić information content (AvgIpc) is 4.20. The van der Waals surface area contributed by atoms with Crippen molar-refractivity contribution in [3.8, 4) is 45.2 Å². The summed E-state index contributed by atoms with van der Waals surface area (Å²) in [6.45, 7) is 9.44. The maximum absolute atomic E-state index is 13.2. The molecule has 0 bridgehead atoms. The molecule has 0 atom stereocenters. The van der Waals surface area contributed by atoms with Crippen molar-refractivity contribution in [2.45, 2.75) is 52.6 Å². The Morgan fingerprint density at radius 3 is 1.60 bits per heavy atom. The second-order valence-electron chi connectivity index (χ2n) is 18.5. The van der Waals surface area contributed by atoms with Crippen molar-refractivity contribution in [3.63, 3.8) is 0 Å². The summed E-state index contributed by atoms with van der Waals surface area (Å²) in [4.78, 5) is 53.8. The Balaban J connectivity index is 0.000000156. The van der Waals surface area contributed by atoms with Gasteiger partial charge in [-0.25, -0.2) is 44.0 Å². The van der Waals surface area contributed by atoms with E-state index in [9.17, 15) is 9.59 Å². The van der Waals surface area contributed by atoms with Crippen LogP contribution in [0.3, 0.4) is 0 Å². The zero-order valence-electron chi connectivity index (χ0n) is 40.7. The fourth-order valence-electron chi connectivity index (χ4n) is 9.42. The monoisotopic (exact) mass is 950 g/mol. The van der Waals surface area contributed by atoms with E-state index in [1.54, 1.807) is 51.1 Å². The van der Waals surface area contributed by atoms with Gasteiger partial charge in [0, 0.05) is 36.3 Å². The highest BCUT2D eigenvalue weighted by Gasteiger charge is 2.20. The number of nitrogens with zero attached hydrogens (tertiary/aromatic N) is 12. The van der Waals surface area contributed by atoms with Gasteiger partial charge in [0.25, 0.3) is 0 Å². The lowest BCUT2D eigenvalue weighted by Gasteiger charge is -2.11. The van der Waals surface area contributed by atoms with E-state index in [4.69, 9.17) is 14.4 Å². The normalized spacial score (nSPS) is 11.7. The van der Waals surface area contributed by atoms with Gasteiger partial charge in [-0.15, -0.1) is 0 Å². The minimum Gasteiger partial charge on any atom is -0.443 e. The van der Waals surface area contributed by atoms with Crippen molar-refractivity contribution in [2.24, 2.45) is 14.1 Å². The first-order valence-electron chi connectivity index (χ1n) is 23.8. The molecule has 72 heavy (non-hydrogen) atoms. The molecule has 0 fully saturated rings. The first-order chi connectivity index (χ1) is 35.0. The number of hydrogen-bond donors (Lipinski definition) is 0. The number of imidazole rings is 2. The third-order valence-electron chi connectivity index (χ3n) is 13.3. The Morgan fingerprint density at radius 1 is 0.528 bits per heavy atom. The van der Waals surface area contributed by atoms with Gasteiger partial charge in [-0.3, -0.25) is 18.3 Å². The van der Waals surface area contributed by atoms with Crippen molar-refractivity contribution in [1.82, 2.24) is 57.8 Å². The third kappa shape index (κ3) is 8.23. The van der Waals surface area contributed by atoms with Crippen LogP contribution in [-0.4, -0.2) is 57.8 Å². The summed E-state index contributed by atoms with van der Waals surface area (Å²) in [7, 11) is 3.52. The highest BCUT2D eigenvalue weighted by atomic mass is 16.3. The summed E-state index contributed by atoms with van der Waals surface area (Å²) in [5.74, 6) is 1.92. The minimum atomic E-state index is -0.121. The van der Waals surface area contributed by atoms with Gasteiger partial charge in [-0.2, -0.15) is 5.10 Å². The Labute approximate surface area is 413 Å². The van der Waals surface area contributed by atoms with Crippen molar-refractivity contribution in [1.29, 1.82) is 0 Å². The molecule has 15 nitrogen and oxygen atoms in total. The molecule has 0 saturated carbocycles. The molecule has 0 spiro atoms. The molecule has 0 aliphatic heterocycles. The molecular weight excluding hydrogens is 901 g/mol. The molecular formula is C57H50N12O3. The maximum Gasteiger partial charge on any atom is 0.330 e. The second kappa shape index (κ2) is 18.7. The summed E-state index contributed by atoms with van der Waals surface area (Å²) >= 11 is 0. The maximum atomic E-state index is 13.2. The second-order valence-corrected chi connectivity index (χ2v) is 18.5. The molecule has 356 valence electrons. The highest BCUT2D eigenvalue weighted by Crippen LogP contribution is 2.31. The number of rotatable bonds is 10. The zero-order chi connectivity index (χ0) is 49.6. The van der Waals surface area contributed by atoms with Crippen molar-refractivity contribution in [2.75, 3.05) is 0 Å². The van der Waals surface area contributed by atoms with E-state index in [0.717, 1.165) is 61.4 Å². The molecule has 0 amide bonds. The van der Waals surface area contributed by atoms with Crippen LogP contribution in [-0.2, 0) is 27.2 Å². The minimum absolute atomic E-state index is 0.120. The number of aromatic nitrogens is 12. The van der Waals surface area contributed by atoms with E-state index in [1.807, 2.05) is 126 Å². The number of fused-ring (bicyclic) bond motifs is 4. The van der Waals surface area contributed by atoms with Crippen LogP contribution in [0, 0.1) is 0 Å². The van der Waals surface area contributed by atoms with Gasteiger partial charge in [0.2, 0.25) is 0 Å². The fourth-order valence-corrected chi connectivity index (χ4v) is 9.42. The van der Waals surface area contributed by atoms with E-state index in [0.29, 0.717) is 58.9 Å². The summed E-state index contributed by atoms with van der Waals surface area (Å²) in [6.07, 6.45) is 6.50. The molecule has 0 saturated heterocycles. The summed E-state index contributed by atoms with van der Waals surface area (Å²) in [5.41, 5.74) is 15.2. The lowest BCUT2D eigenvalue weighted by Crippen LogP contribution is -2.22. The smallest absolute Gasteiger partial charge is 0.330 e. The number of pyridine rings is 1. The number of aryl methyl sites for hydroxylation is 2. The molecule has 12 rings (SSSR count). The number of benzene rings is 5. The van der Waals surface area contributed by atoms with Crippen LogP contribution in [0.4, 0.5) is 0 Å². The first kappa shape index (κ1) is 45.3. The topological polar surface area (TPSA) is 162 Å². The van der Waals surface area contributed by atoms with E-state index in [2.05, 4.69) is 64.9 Å². The van der Waals surface area contributed by atoms with Crippen molar-refractivity contribution >= 4 is 39.1 Å². The van der Waals surface area contributed by atoms with Gasteiger partial charge in [-0.1, -0.05) is 143 Å². The number of hydrogen-bond acceptors (Lipinski definition) is 10. The molecule has 0 N–H and O–H groups in total. The Kier molecular flexibility index (Phi) is 11.8. The lowest BCUT2D eigenvalue weighted by atomic mass is 9.97. The van der Waals surface area contributed by atoms with E-state index < -0.39 is 0 Å². The summed E-state index contributed by atoms with van der Waals surface area (Å²) < 4.78 is 14.0. The van der Waals surface area contributed by atoms with Crippen molar-refractivity contribution in [3.05, 3.63) is 202 Å².